The van der Waals surface area contributed by atoms with E-state index in [2.05, 4.69) is 10.2 Å². The number of methoxy groups -OCH3 is 1. The molecule has 0 aliphatic carbocycles. The first-order chi connectivity index (χ1) is 23.0. The van der Waals surface area contributed by atoms with Crippen LogP contribution in [0, 0.1) is 0 Å². The van der Waals surface area contributed by atoms with E-state index in [1.54, 1.807) is 48.5 Å². The Morgan fingerprint density at radius 2 is 1.66 bits per heavy atom. The van der Waals surface area contributed by atoms with Crippen LogP contribution in [-0.2, 0) is 17.2 Å². The van der Waals surface area contributed by atoms with Gasteiger partial charge in [-0.3, -0.25) is 14.5 Å². The van der Waals surface area contributed by atoms with E-state index in [1.807, 2.05) is 60.7 Å². The van der Waals surface area contributed by atoms with E-state index < -0.39 is 23.5 Å². The highest BCUT2D eigenvalue weighted by atomic mass is 32.2. The standard InChI is InChI=1S/C36H27N3O6S2/c1-43-27-14-8-13-25-19-28(45-33(25)27)31(40)29-30(24-15-17-26(18-16-24)44-20-22-9-4-2-5-10-22)39(34(42)32(29)41)35-37-38-36(47-35)46-21-23-11-6-3-7-12-23/h2-19,30,41H,20-21H2,1H3. The van der Waals surface area contributed by atoms with Crippen molar-refractivity contribution in [2.45, 2.75) is 22.7 Å². The molecule has 1 unspecified atom stereocenters. The molecule has 0 saturated carbocycles. The molecule has 1 amide bonds. The zero-order valence-electron chi connectivity index (χ0n) is 25.0. The van der Waals surface area contributed by atoms with Crippen molar-refractivity contribution in [1.82, 2.24) is 10.2 Å². The number of amides is 1. The summed E-state index contributed by atoms with van der Waals surface area (Å²) in [6, 6.07) is 32.7. The molecule has 1 atom stereocenters. The molecule has 7 rings (SSSR count). The van der Waals surface area contributed by atoms with Crippen LogP contribution in [0.25, 0.3) is 11.0 Å². The number of fused-ring (bicyclic) bond motifs is 1. The minimum atomic E-state index is -1.01. The number of aliphatic hydroxyl groups excluding tert-OH is 1. The van der Waals surface area contributed by atoms with Crippen molar-refractivity contribution in [3.05, 3.63) is 143 Å². The molecule has 0 bridgehead atoms. The Morgan fingerprint density at radius 3 is 2.38 bits per heavy atom. The number of Topliss-reactive ketones (excluding diaryl/α,β-unsaturated/α-hetero) is 1. The van der Waals surface area contributed by atoms with E-state index in [0.29, 0.717) is 44.7 Å². The van der Waals surface area contributed by atoms with E-state index in [1.165, 1.54) is 35.1 Å². The van der Waals surface area contributed by atoms with E-state index in [0.717, 1.165) is 11.1 Å². The number of carbonyl (C=O) groups excluding carboxylic acids is 2. The molecule has 0 saturated heterocycles. The molecule has 47 heavy (non-hydrogen) atoms. The maximum atomic E-state index is 14.1. The second-order valence-electron chi connectivity index (χ2n) is 10.6. The second-order valence-corrected chi connectivity index (χ2v) is 12.8. The number of furan rings is 1. The lowest BCUT2D eigenvalue weighted by atomic mass is 9.95. The summed E-state index contributed by atoms with van der Waals surface area (Å²) in [4.78, 5) is 29.2. The molecule has 1 aliphatic heterocycles. The highest BCUT2D eigenvalue weighted by Gasteiger charge is 2.47. The zero-order chi connectivity index (χ0) is 32.3. The van der Waals surface area contributed by atoms with Gasteiger partial charge in [-0.15, -0.1) is 10.2 Å². The summed E-state index contributed by atoms with van der Waals surface area (Å²) >= 11 is 2.70. The third-order valence-electron chi connectivity index (χ3n) is 7.66. The Balaban J connectivity index is 1.22. The number of hydrogen-bond donors (Lipinski definition) is 1. The highest BCUT2D eigenvalue weighted by Crippen LogP contribution is 2.45. The van der Waals surface area contributed by atoms with Crippen molar-refractivity contribution in [2.24, 2.45) is 0 Å². The zero-order valence-corrected chi connectivity index (χ0v) is 26.7. The van der Waals surface area contributed by atoms with Gasteiger partial charge in [0, 0.05) is 11.1 Å². The molecule has 3 heterocycles. The van der Waals surface area contributed by atoms with Crippen LogP contribution in [-0.4, -0.2) is 34.1 Å². The fraction of sp³-hybridized carbons (Fsp3) is 0.111. The van der Waals surface area contributed by atoms with Crippen molar-refractivity contribution in [3.8, 4) is 11.5 Å². The largest absolute Gasteiger partial charge is 0.503 e. The fourth-order valence-corrected chi connectivity index (χ4v) is 7.18. The fourth-order valence-electron chi connectivity index (χ4n) is 5.36. The molecule has 0 spiro atoms. The summed E-state index contributed by atoms with van der Waals surface area (Å²) in [6.07, 6.45) is 0. The van der Waals surface area contributed by atoms with Gasteiger partial charge in [0.25, 0.3) is 5.91 Å². The van der Waals surface area contributed by atoms with E-state index in [4.69, 9.17) is 13.9 Å². The molecular weight excluding hydrogens is 635 g/mol. The summed E-state index contributed by atoms with van der Waals surface area (Å²) < 4.78 is 18.0. The van der Waals surface area contributed by atoms with Crippen molar-refractivity contribution in [3.63, 3.8) is 0 Å². The summed E-state index contributed by atoms with van der Waals surface area (Å²) in [6.45, 7) is 0.377. The Bertz CT molecular complexity index is 2090. The average molecular weight is 662 g/mol. The Kier molecular flexibility index (Phi) is 8.47. The molecule has 234 valence electrons. The number of nitrogens with zero attached hydrogens (tertiary/aromatic N) is 3. The highest BCUT2D eigenvalue weighted by molar-refractivity contribution is 8.00. The molecule has 2 aromatic heterocycles. The lowest BCUT2D eigenvalue weighted by molar-refractivity contribution is -0.117. The van der Waals surface area contributed by atoms with Crippen molar-refractivity contribution in [2.75, 3.05) is 12.0 Å². The number of anilines is 1. The number of hydrogen-bond acceptors (Lipinski definition) is 10. The molecule has 9 nitrogen and oxygen atoms in total. The number of para-hydroxylation sites is 1. The van der Waals surface area contributed by atoms with Gasteiger partial charge in [0.05, 0.1) is 18.7 Å². The number of benzene rings is 4. The molecule has 1 N–H and O–H groups in total. The third kappa shape index (κ3) is 6.10. The maximum absolute atomic E-state index is 14.1. The minimum absolute atomic E-state index is 0.0371. The van der Waals surface area contributed by atoms with Crippen LogP contribution in [0.2, 0.25) is 0 Å². The Morgan fingerprint density at radius 1 is 0.936 bits per heavy atom. The van der Waals surface area contributed by atoms with Gasteiger partial charge in [-0.2, -0.15) is 0 Å². The van der Waals surface area contributed by atoms with Gasteiger partial charge in [-0.1, -0.05) is 108 Å². The van der Waals surface area contributed by atoms with Crippen molar-refractivity contribution >= 4 is 50.9 Å². The normalized spacial score (nSPS) is 14.6. The van der Waals surface area contributed by atoms with Gasteiger partial charge in [-0.25, -0.2) is 0 Å². The molecule has 0 radical (unpaired) electrons. The predicted molar refractivity (Wildman–Crippen MR) is 180 cm³/mol. The van der Waals surface area contributed by atoms with Gasteiger partial charge in [0.15, 0.2) is 27.2 Å². The summed E-state index contributed by atoms with van der Waals surface area (Å²) in [5.74, 6) is -0.368. The second kappa shape index (κ2) is 13.1. The quantitative estimate of drug-likeness (QED) is 0.0839. The summed E-state index contributed by atoms with van der Waals surface area (Å²) in [5, 5.41) is 20.8. The van der Waals surface area contributed by atoms with Crippen LogP contribution in [0.1, 0.15) is 33.3 Å². The molecular formula is C36H27N3O6S2. The first-order valence-electron chi connectivity index (χ1n) is 14.6. The topological polar surface area (TPSA) is 115 Å². The maximum Gasteiger partial charge on any atom is 0.296 e. The molecule has 6 aromatic rings. The van der Waals surface area contributed by atoms with Crippen LogP contribution < -0.4 is 14.4 Å². The van der Waals surface area contributed by atoms with Gasteiger partial charge < -0.3 is 19.0 Å². The first kappa shape index (κ1) is 30.3. The van der Waals surface area contributed by atoms with E-state index in [9.17, 15) is 14.7 Å². The van der Waals surface area contributed by atoms with Crippen LogP contribution in [0.4, 0.5) is 5.13 Å². The van der Waals surface area contributed by atoms with Crippen molar-refractivity contribution < 1.29 is 28.6 Å². The SMILES string of the molecule is COc1cccc2cc(C(=O)C3=C(O)C(=O)N(c4nnc(SCc5ccccc5)s4)C3c3ccc(OCc4ccccc4)cc3)oc12. The third-order valence-corrected chi connectivity index (χ3v) is 9.78. The predicted octanol–water partition coefficient (Wildman–Crippen LogP) is 7.95. The number of rotatable bonds is 11. The monoisotopic (exact) mass is 661 g/mol. The number of ether oxygens (including phenoxy) is 2. The van der Waals surface area contributed by atoms with E-state index in [-0.39, 0.29) is 16.5 Å². The Labute approximate surface area is 278 Å². The molecule has 11 heteroatoms. The number of carbonyl (C=O) groups is 2. The number of aliphatic hydroxyl groups is 1. The number of aromatic nitrogens is 2. The van der Waals surface area contributed by atoms with Gasteiger partial charge in [-0.05, 0) is 41.0 Å². The number of ketones is 1. The van der Waals surface area contributed by atoms with Gasteiger partial charge in [0.2, 0.25) is 10.9 Å². The molecule has 0 fully saturated rings. The lowest BCUT2D eigenvalue weighted by Crippen LogP contribution is -2.31. The number of thioether (sulfide) groups is 1. The lowest BCUT2D eigenvalue weighted by Gasteiger charge is -2.24. The van der Waals surface area contributed by atoms with Crippen molar-refractivity contribution in [1.29, 1.82) is 0 Å². The Hall–Kier alpha value is -5.39. The average Bonchev–Trinajstić information content (AvgIpc) is 3.83. The van der Waals surface area contributed by atoms with E-state index >= 15 is 0 Å². The van der Waals surface area contributed by atoms with Gasteiger partial charge in [0.1, 0.15) is 12.4 Å². The van der Waals surface area contributed by atoms with Gasteiger partial charge >= 0.3 is 0 Å². The summed E-state index contributed by atoms with van der Waals surface area (Å²) in [5.41, 5.74) is 2.97. The van der Waals surface area contributed by atoms with Crippen LogP contribution >= 0.6 is 23.1 Å². The van der Waals surface area contributed by atoms with Crippen LogP contribution in [0.5, 0.6) is 11.5 Å². The summed E-state index contributed by atoms with van der Waals surface area (Å²) in [7, 11) is 1.51. The molecule has 4 aromatic carbocycles. The smallest absolute Gasteiger partial charge is 0.296 e. The molecule has 1 aliphatic rings. The first-order valence-corrected chi connectivity index (χ1v) is 16.4. The minimum Gasteiger partial charge on any atom is -0.503 e. The van der Waals surface area contributed by atoms with Crippen LogP contribution in [0.3, 0.4) is 0 Å². The van der Waals surface area contributed by atoms with Crippen LogP contribution in [0.15, 0.2) is 129 Å².